The Labute approximate surface area is 577 Å². The van der Waals surface area contributed by atoms with Crippen molar-refractivity contribution in [2.45, 2.75) is 229 Å². The highest BCUT2D eigenvalue weighted by molar-refractivity contribution is 6.00. The van der Waals surface area contributed by atoms with Crippen LogP contribution in [0, 0.1) is 41.4 Å². The number of esters is 1. The lowest BCUT2D eigenvalue weighted by Gasteiger charge is -2.42. The molecular weight excluding hydrogens is 1250 g/mol. The van der Waals surface area contributed by atoms with Gasteiger partial charge in [0, 0.05) is 75.3 Å². The van der Waals surface area contributed by atoms with Crippen molar-refractivity contribution in [3.8, 4) is 0 Å². The molecule has 97 heavy (non-hydrogen) atoms. The van der Waals surface area contributed by atoms with Gasteiger partial charge in [0.2, 0.25) is 65.0 Å². The fourth-order valence-electron chi connectivity index (χ4n) is 12.3. The van der Waals surface area contributed by atoms with Crippen LogP contribution in [0.4, 0.5) is 4.79 Å². The molecule has 0 spiro atoms. The molecule has 552 valence electrons. The zero-order chi connectivity index (χ0) is 74.5. The van der Waals surface area contributed by atoms with E-state index >= 15 is 28.8 Å². The maximum Gasteiger partial charge on any atom is 0.409 e. The van der Waals surface area contributed by atoms with Gasteiger partial charge in [-0.2, -0.15) is 0 Å². The van der Waals surface area contributed by atoms with Crippen molar-refractivity contribution >= 4 is 77.0 Å². The number of ether oxygens (including phenoxy) is 3. The van der Waals surface area contributed by atoms with Gasteiger partial charge >= 0.3 is 12.1 Å². The molecule has 2 aliphatic rings. The molecule has 0 aliphatic carbocycles. The number of hydrogen-bond acceptors (Lipinski definition) is 16. The number of rotatable bonds is 17. The standard InChI is InChI=1S/C69H120N12O16/c1-26-28-29-43(13)57(97-48(18)82)56-61(86)72-49(27-2)64(89)74(19)47(17)63(88)79(24)55(44(14)37-96-69(94)81-30-32-95-33-31-81)60(85)73-53(41(9)10)67(92)75(20)50(34-38(3)4)59(84)70-45(15)58(83)71-46(16)62(87)76(21)51(35-39(5)6)65(90)77(22)52(36-40(7)8)66(91)78(23)54(42(11)12)68(93)80(56)25/h26,28,38-47,49-57H,27,29-37H2,1-25H3,(H,70,84)(H,71,83)(H,72,86)(H,73,85). The number of hydrogen-bond donors (Lipinski definition) is 4. The van der Waals surface area contributed by atoms with E-state index in [1.807, 2.05) is 41.5 Å². The second kappa shape index (κ2) is 39.3. The molecule has 2 aliphatic heterocycles. The van der Waals surface area contributed by atoms with Crippen molar-refractivity contribution in [3.63, 3.8) is 0 Å². The van der Waals surface area contributed by atoms with E-state index in [2.05, 4.69) is 21.3 Å². The van der Waals surface area contributed by atoms with Crippen molar-refractivity contribution in [1.82, 2.24) is 60.5 Å². The third-order valence-electron chi connectivity index (χ3n) is 18.3. The Kier molecular flexibility index (Phi) is 34.7. The maximum absolute atomic E-state index is 15.5. The molecule has 2 heterocycles. The summed E-state index contributed by atoms with van der Waals surface area (Å²) in [6, 6.07) is -14.8. The van der Waals surface area contributed by atoms with E-state index in [-0.39, 0.29) is 76.2 Å². The minimum absolute atomic E-state index is 0.0674. The molecule has 14 atom stereocenters. The predicted molar refractivity (Wildman–Crippen MR) is 366 cm³/mol. The smallest absolute Gasteiger partial charge is 0.409 e. The minimum atomic E-state index is -1.66. The first kappa shape index (κ1) is 85.7. The van der Waals surface area contributed by atoms with Crippen LogP contribution in [0.15, 0.2) is 12.2 Å². The summed E-state index contributed by atoms with van der Waals surface area (Å²) < 4.78 is 17.1. The van der Waals surface area contributed by atoms with Crippen molar-refractivity contribution < 1.29 is 76.5 Å². The van der Waals surface area contributed by atoms with Crippen molar-refractivity contribution in [3.05, 3.63) is 12.2 Å². The fraction of sp³-hybridized carbons (Fsp3) is 0.783. The third-order valence-corrected chi connectivity index (χ3v) is 18.3. The van der Waals surface area contributed by atoms with Gasteiger partial charge in [0.25, 0.3) is 0 Å². The minimum Gasteiger partial charge on any atom is -0.459 e. The summed E-state index contributed by atoms with van der Waals surface area (Å²) in [6.45, 7) is 30.6. The van der Waals surface area contributed by atoms with Crippen LogP contribution < -0.4 is 21.3 Å². The lowest BCUT2D eigenvalue weighted by Crippen LogP contribution is -2.64. The molecule has 0 saturated carbocycles. The molecular formula is C69H120N12O16. The van der Waals surface area contributed by atoms with Crippen LogP contribution in [-0.4, -0.2) is 271 Å². The molecule has 0 aromatic heterocycles. The number of likely N-dealkylation sites (N-methyl/N-ethyl adjacent to an activating group) is 7. The summed E-state index contributed by atoms with van der Waals surface area (Å²) >= 11 is 0. The summed E-state index contributed by atoms with van der Waals surface area (Å²) in [6.07, 6.45) is 2.04. The summed E-state index contributed by atoms with van der Waals surface area (Å²) in [7, 11) is 9.67. The van der Waals surface area contributed by atoms with E-state index in [9.17, 15) is 33.6 Å². The molecule has 28 nitrogen and oxygen atoms in total. The summed E-state index contributed by atoms with van der Waals surface area (Å²) in [5.74, 6) is -12.5. The Morgan fingerprint density at radius 2 is 0.979 bits per heavy atom. The van der Waals surface area contributed by atoms with Gasteiger partial charge in [-0.15, -0.1) is 0 Å². The summed E-state index contributed by atoms with van der Waals surface area (Å²) in [4.78, 5) is 200. The Bertz CT molecular complexity index is 2750. The Morgan fingerprint density at radius 3 is 1.46 bits per heavy atom. The molecule has 2 fully saturated rings. The number of carbonyl (C=O) groups is 13. The molecule has 0 aromatic carbocycles. The lowest BCUT2D eigenvalue weighted by molar-refractivity contribution is -0.164. The monoisotopic (exact) mass is 1370 g/mol. The first-order valence-corrected chi connectivity index (χ1v) is 34.4. The lowest BCUT2D eigenvalue weighted by atomic mass is 9.91. The van der Waals surface area contributed by atoms with Crippen LogP contribution in [0.3, 0.4) is 0 Å². The number of nitrogens with one attached hydrogen (secondary N) is 4. The average molecular weight is 1370 g/mol. The zero-order valence-electron chi connectivity index (χ0n) is 62.8. The van der Waals surface area contributed by atoms with E-state index in [1.165, 1.54) is 94.6 Å². The Morgan fingerprint density at radius 1 is 0.515 bits per heavy atom. The maximum atomic E-state index is 15.5. The fourth-order valence-corrected chi connectivity index (χ4v) is 12.3. The average Bonchev–Trinajstić information content (AvgIpc) is 0.807. The normalized spacial score (nSPS) is 26.9. The molecule has 12 amide bonds. The SMILES string of the molecule is CC=CCC(C)C(OC(C)=O)C1C(=O)NC(CC)C(=O)N(C)C(C)C(=O)N(C)C(C(C)COC(=O)N2CCOCC2)C(=O)NC(C(C)C)C(=O)N(C)C(CC(C)C)C(=O)NC(C)C(=O)NC(C)C(=O)N(C)C(CC(C)C)C(=O)N(C)C(CC(C)C)C(=O)N(C)C(C(C)C)C(=O)N1C. The molecule has 4 N–H and O–H groups in total. The highest BCUT2D eigenvalue weighted by atomic mass is 16.6. The molecule has 0 aromatic rings. The van der Waals surface area contributed by atoms with Gasteiger partial charge in [-0.05, 0) is 95.3 Å². The highest BCUT2D eigenvalue weighted by Gasteiger charge is 2.48. The number of allylic oxidation sites excluding steroid dienone is 2. The predicted octanol–water partition coefficient (Wildman–Crippen LogP) is 3.29. The first-order valence-electron chi connectivity index (χ1n) is 34.4. The molecule has 2 saturated heterocycles. The topological polar surface area (TPSA) is 324 Å². The van der Waals surface area contributed by atoms with E-state index in [0.717, 1.165) is 21.6 Å². The van der Waals surface area contributed by atoms with Crippen LogP contribution in [0.2, 0.25) is 0 Å². The zero-order valence-corrected chi connectivity index (χ0v) is 62.8. The summed E-state index contributed by atoms with van der Waals surface area (Å²) in [5, 5.41) is 11.0. The molecule has 28 heteroatoms. The van der Waals surface area contributed by atoms with Gasteiger partial charge < -0.3 is 74.7 Å². The van der Waals surface area contributed by atoms with Crippen LogP contribution in [0.5, 0.6) is 0 Å². The largest absolute Gasteiger partial charge is 0.459 e. The second-order valence-electron chi connectivity index (χ2n) is 28.5. The van der Waals surface area contributed by atoms with E-state index in [4.69, 9.17) is 14.2 Å². The quantitative estimate of drug-likeness (QED) is 0.120. The molecule has 14 unspecified atom stereocenters. The van der Waals surface area contributed by atoms with Crippen LogP contribution in [0.1, 0.15) is 157 Å². The van der Waals surface area contributed by atoms with Gasteiger partial charge in [-0.3, -0.25) is 57.5 Å². The van der Waals surface area contributed by atoms with Crippen molar-refractivity contribution in [2.75, 3.05) is 82.2 Å². The highest BCUT2D eigenvalue weighted by Crippen LogP contribution is 2.27. The van der Waals surface area contributed by atoms with Crippen LogP contribution in [0.25, 0.3) is 0 Å². The van der Waals surface area contributed by atoms with Crippen molar-refractivity contribution in [2.24, 2.45) is 41.4 Å². The number of nitrogens with zero attached hydrogens (tertiary/aromatic N) is 8. The first-order chi connectivity index (χ1) is 45.0. The summed E-state index contributed by atoms with van der Waals surface area (Å²) in [5.41, 5.74) is 0. The van der Waals surface area contributed by atoms with Gasteiger partial charge in [0.05, 0.1) is 19.8 Å². The van der Waals surface area contributed by atoms with Crippen LogP contribution >= 0.6 is 0 Å². The molecule has 2 rings (SSSR count). The van der Waals surface area contributed by atoms with Crippen LogP contribution in [-0.2, 0) is 71.7 Å². The molecule has 0 radical (unpaired) electrons. The van der Waals surface area contributed by atoms with Crippen molar-refractivity contribution in [1.29, 1.82) is 0 Å². The van der Waals surface area contributed by atoms with Gasteiger partial charge in [-0.1, -0.05) is 102 Å². The second-order valence-corrected chi connectivity index (χ2v) is 28.5. The third kappa shape index (κ3) is 23.7. The number of amides is 12. The number of carbonyl (C=O) groups excluding carboxylic acids is 13. The van der Waals surface area contributed by atoms with Gasteiger partial charge in [-0.25, -0.2) is 4.79 Å². The number of morpholine rings is 1. The molecule has 0 bridgehead atoms. The Hall–Kier alpha value is -7.39. The van der Waals surface area contributed by atoms with E-state index < -0.39 is 180 Å². The van der Waals surface area contributed by atoms with E-state index in [1.54, 1.807) is 67.5 Å². The Balaban J connectivity index is 3.12. The van der Waals surface area contributed by atoms with Gasteiger partial charge in [0.1, 0.15) is 72.6 Å². The van der Waals surface area contributed by atoms with Gasteiger partial charge in [0.15, 0.2) is 0 Å². The van der Waals surface area contributed by atoms with E-state index in [0.29, 0.717) is 0 Å².